The molecule has 0 aromatic heterocycles. The Balaban J connectivity index is 1.93. The van der Waals surface area contributed by atoms with E-state index in [-0.39, 0.29) is 6.04 Å². The molecule has 15 heavy (non-hydrogen) atoms. The quantitative estimate of drug-likeness (QED) is 0.518. The molecule has 0 radical (unpaired) electrons. The third-order valence-corrected chi connectivity index (χ3v) is 2.68. The summed E-state index contributed by atoms with van der Waals surface area (Å²) in [5.41, 5.74) is 8.20. The molecule has 0 spiro atoms. The average Bonchev–Trinajstić information content (AvgIpc) is 2.77. The highest BCUT2D eigenvalue weighted by Crippen LogP contribution is 2.27. The molecule has 0 aromatic rings. The summed E-state index contributed by atoms with van der Waals surface area (Å²) in [4.78, 5) is 15.2. The molecule has 1 fully saturated rings. The van der Waals surface area contributed by atoms with E-state index in [1.54, 1.807) is 6.21 Å². The highest BCUT2D eigenvalue weighted by atomic mass is 16.1. The topological polar surface area (TPSA) is 79.5 Å². The molecule has 3 aliphatic rings. The number of nitrogens with one attached hydrogen (secondary N) is 2. The van der Waals surface area contributed by atoms with Gasteiger partial charge in [-0.3, -0.25) is 15.1 Å². The summed E-state index contributed by atoms with van der Waals surface area (Å²) in [7, 11) is 0. The van der Waals surface area contributed by atoms with E-state index in [0.29, 0.717) is 0 Å². The number of hydrogen-bond acceptors (Lipinski definition) is 4. The molecule has 0 saturated carbocycles. The second kappa shape index (κ2) is 2.80. The van der Waals surface area contributed by atoms with E-state index >= 15 is 0 Å². The minimum Gasteiger partial charge on any atom is -0.367 e. The number of carbonyl (C=O) groups excluding carboxylic acids is 1. The Bertz CT molecular complexity index is 458. The number of carbonyl (C=O) groups is 1. The van der Waals surface area contributed by atoms with E-state index in [9.17, 15) is 4.79 Å². The number of rotatable bonds is 1. The summed E-state index contributed by atoms with van der Waals surface area (Å²) in [6.07, 6.45) is 7.20. The van der Waals surface area contributed by atoms with Crippen molar-refractivity contribution in [3.05, 3.63) is 35.2 Å². The van der Waals surface area contributed by atoms with Crippen LogP contribution in [0.1, 0.15) is 0 Å². The highest BCUT2D eigenvalue weighted by molar-refractivity contribution is 5.83. The molecule has 5 heteroatoms. The molecule has 0 aromatic carbocycles. The molecule has 5 nitrogen and oxygen atoms in total. The van der Waals surface area contributed by atoms with Crippen molar-refractivity contribution >= 4 is 12.1 Å². The van der Waals surface area contributed by atoms with E-state index in [4.69, 9.17) is 5.73 Å². The Kier molecular flexibility index (Phi) is 1.58. The van der Waals surface area contributed by atoms with Crippen molar-refractivity contribution in [1.29, 1.82) is 0 Å². The lowest BCUT2D eigenvalue weighted by Crippen LogP contribution is -2.44. The van der Waals surface area contributed by atoms with Gasteiger partial charge in [0, 0.05) is 17.5 Å². The Morgan fingerprint density at radius 1 is 1.53 bits per heavy atom. The highest BCUT2D eigenvalue weighted by Gasteiger charge is 2.32. The second-order valence-corrected chi connectivity index (χ2v) is 3.68. The molecule has 2 aliphatic heterocycles. The van der Waals surface area contributed by atoms with Gasteiger partial charge in [0.1, 0.15) is 0 Å². The molecular weight excluding hydrogens is 192 g/mol. The standard InChI is InChI=1S/C10H10N4O/c11-9(15)10-13-7-3-5-1-2-12-6(5)4-8(7)14-10/h1-4,8,10,13-14H,(H2,11,15). The summed E-state index contributed by atoms with van der Waals surface area (Å²) in [5.74, 6) is -0.397. The van der Waals surface area contributed by atoms with Crippen molar-refractivity contribution in [3.63, 3.8) is 0 Å². The maximum Gasteiger partial charge on any atom is 0.254 e. The number of nitrogens with zero attached hydrogens (tertiary/aromatic N) is 1. The van der Waals surface area contributed by atoms with Crippen LogP contribution in [0.15, 0.2) is 40.2 Å². The lowest BCUT2D eigenvalue weighted by atomic mass is 10.0. The Labute approximate surface area is 86.4 Å². The lowest BCUT2D eigenvalue weighted by molar-refractivity contribution is -0.120. The SMILES string of the molecule is NC(=O)C1NC2=CC3=CC=NC3=CC2N1. The van der Waals surface area contributed by atoms with Crippen LogP contribution >= 0.6 is 0 Å². The number of amides is 1. The smallest absolute Gasteiger partial charge is 0.254 e. The summed E-state index contributed by atoms with van der Waals surface area (Å²) in [6.45, 7) is 0. The fourth-order valence-electron chi connectivity index (χ4n) is 1.93. The van der Waals surface area contributed by atoms with Crippen molar-refractivity contribution in [2.24, 2.45) is 10.7 Å². The van der Waals surface area contributed by atoms with Crippen LogP contribution in [0.5, 0.6) is 0 Å². The van der Waals surface area contributed by atoms with E-state index in [2.05, 4.69) is 15.6 Å². The van der Waals surface area contributed by atoms with Gasteiger partial charge in [0.2, 0.25) is 0 Å². The molecule has 1 aliphatic carbocycles. The van der Waals surface area contributed by atoms with E-state index < -0.39 is 12.1 Å². The maximum absolute atomic E-state index is 11.0. The van der Waals surface area contributed by atoms with Gasteiger partial charge in [0.25, 0.3) is 5.91 Å². The lowest BCUT2D eigenvalue weighted by Gasteiger charge is -2.13. The normalized spacial score (nSPS) is 31.1. The van der Waals surface area contributed by atoms with Crippen LogP contribution in [0.4, 0.5) is 0 Å². The van der Waals surface area contributed by atoms with Gasteiger partial charge < -0.3 is 11.1 Å². The largest absolute Gasteiger partial charge is 0.367 e. The minimum absolute atomic E-state index is 0.0184. The first kappa shape index (κ1) is 8.43. The molecule has 2 heterocycles. The first-order chi connectivity index (χ1) is 7.24. The van der Waals surface area contributed by atoms with E-state index in [0.717, 1.165) is 17.0 Å². The van der Waals surface area contributed by atoms with Gasteiger partial charge in [-0.15, -0.1) is 0 Å². The van der Waals surface area contributed by atoms with Crippen LogP contribution in [-0.4, -0.2) is 24.3 Å². The zero-order valence-electron chi connectivity index (χ0n) is 7.90. The summed E-state index contributed by atoms with van der Waals surface area (Å²) < 4.78 is 0. The predicted molar refractivity (Wildman–Crippen MR) is 55.8 cm³/mol. The fourth-order valence-corrected chi connectivity index (χ4v) is 1.93. The number of fused-ring (bicyclic) bond motifs is 2. The first-order valence-electron chi connectivity index (χ1n) is 4.74. The Morgan fingerprint density at radius 3 is 3.20 bits per heavy atom. The zero-order valence-corrected chi connectivity index (χ0v) is 7.90. The molecule has 2 atom stereocenters. The monoisotopic (exact) mass is 202 g/mol. The van der Waals surface area contributed by atoms with Gasteiger partial charge in [-0.05, 0) is 18.2 Å². The van der Waals surface area contributed by atoms with Crippen molar-refractivity contribution in [3.8, 4) is 0 Å². The van der Waals surface area contributed by atoms with Gasteiger partial charge in [0.15, 0.2) is 6.17 Å². The van der Waals surface area contributed by atoms with Gasteiger partial charge in [-0.1, -0.05) is 0 Å². The fraction of sp³-hybridized carbons (Fsp3) is 0.200. The van der Waals surface area contributed by atoms with Crippen molar-refractivity contribution in [1.82, 2.24) is 10.6 Å². The number of nitrogens with two attached hydrogens (primary N) is 1. The van der Waals surface area contributed by atoms with Gasteiger partial charge in [-0.2, -0.15) is 0 Å². The second-order valence-electron chi connectivity index (χ2n) is 3.68. The molecular formula is C10H10N4O. The number of allylic oxidation sites excluding steroid dienone is 2. The summed E-state index contributed by atoms with van der Waals surface area (Å²) in [6, 6.07) is 0.0184. The molecule has 2 unspecified atom stereocenters. The van der Waals surface area contributed by atoms with Crippen LogP contribution < -0.4 is 16.4 Å². The summed E-state index contributed by atoms with van der Waals surface area (Å²) >= 11 is 0. The van der Waals surface area contributed by atoms with Crippen LogP contribution in [-0.2, 0) is 4.79 Å². The maximum atomic E-state index is 11.0. The first-order valence-corrected chi connectivity index (χ1v) is 4.74. The van der Waals surface area contributed by atoms with Gasteiger partial charge in [-0.25, -0.2) is 0 Å². The van der Waals surface area contributed by atoms with Crippen LogP contribution in [0.25, 0.3) is 0 Å². The van der Waals surface area contributed by atoms with Crippen molar-refractivity contribution < 1.29 is 4.79 Å². The number of primary amides is 1. The van der Waals surface area contributed by atoms with Gasteiger partial charge in [0.05, 0.1) is 11.7 Å². The molecule has 3 rings (SSSR count). The Morgan fingerprint density at radius 2 is 2.40 bits per heavy atom. The molecule has 4 N–H and O–H groups in total. The zero-order chi connectivity index (χ0) is 10.4. The van der Waals surface area contributed by atoms with Crippen LogP contribution in [0.2, 0.25) is 0 Å². The molecule has 1 saturated heterocycles. The predicted octanol–water partition coefficient (Wildman–Crippen LogP) is -0.849. The van der Waals surface area contributed by atoms with Crippen molar-refractivity contribution in [2.45, 2.75) is 12.2 Å². The van der Waals surface area contributed by atoms with Crippen LogP contribution in [0.3, 0.4) is 0 Å². The average molecular weight is 202 g/mol. The minimum atomic E-state index is -0.485. The van der Waals surface area contributed by atoms with E-state index in [1.165, 1.54) is 0 Å². The van der Waals surface area contributed by atoms with Crippen molar-refractivity contribution in [2.75, 3.05) is 0 Å². The Hall–Kier alpha value is -1.88. The molecule has 76 valence electrons. The third-order valence-electron chi connectivity index (χ3n) is 2.68. The number of aliphatic imine (C=N–C) groups is 1. The third kappa shape index (κ3) is 1.20. The molecule has 0 bridgehead atoms. The van der Waals surface area contributed by atoms with Crippen LogP contribution in [0, 0.1) is 0 Å². The van der Waals surface area contributed by atoms with Gasteiger partial charge >= 0.3 is 0 Å². The summed E-state index contributed by atoms with van der Waals surface area (Å²) in [5, 5.41) is 6.11. The number of hydrogen-bond donors (Lipinski definition) is 3. The molecule has 1 amide bonds. The van der Waals surface area contributed by atoms with E-state index in [1.807, 2.05) is 18.2 Å².